The van der Waals surface area contributed by atoms with E-state index in [4.69, 9.17) is 70.6 Å². The van der Waals surface area contributed by atoms with Crippen molar-refractivity contribution in [2.24, 2.45) is 21.1 Å². The lowest BCUT2D eigenvalue weighted by Gasteiger charge is -2.31. The molecule has 3 atom stereocenters. The first kappa shape index (κ1) is 49.3. The molecule has 6 heterocycles. The van der Waals surface area contributed by atoms with E-state index < -0.39 is 34.9 Å². The highest BCUT2D eigenvalue weighted by Gasteiger charge is 2.42. The number of hydrogen-bond acceptors (Lipinski definition) is 11. The molecule has 1 aliphatic heterocycles. The van der Waals surface area contributed by atoms with Crippen LogP contribution in [-0.4, -0.2) is 99.9 Å². The monoisotopic (exact) mass is 1040 g/mol. The summed E-state index contributed by atoms with van der Waals surface area (Å²) in [7, 11) is 8.78. The summed E-state index contributed by atoms with van der Waals surface area (Å²) < 4.78 is 63.0. The van der Waals surface area contributed by atoms with Gasteiger partial charge in [-0.15, -0.1) is 0 Å². The van der Waals surface area contributed by atoms with Crippen molar-refractivity contribution in [3.8, 4) is 17.4 Å². The zero-order valence-corrected chi connectivity index (χ0v) is 41.6. The van der Waals surface area contributed by atoms with Crippen LogP contribution in [0.3, 0.4) is 0 Å². The molecule has 1 saturated heterocycles. The average molecular weight is 1040 g/mol. The van der Waals surface area contributed by atoms with Gasteiger partial charge in [0.05, 0.1) is 70.2 Å². The second kappa shape index (κ2) is 18.8. The van der Waals surface area contributed by atoms with E-state index in [0.717, 1.165) is 19.4 Å². The number of aromatic nitrogens is 8. The molecule has 0 radical (unpaired) electrons. The Morgan fingerprint density at radius 1 is 0.771 bits per heavy atom. The van der Waals surface area contributed by atoms with Crippen molar-refractivity contribution < 1.29 is 37.6 Å². The third-order valence-corrected chi connectivity index (χ3v) is 14.2. The van der Waals surface area contributed by atoms with E-state index in [1.807, 2.05) is 14.0 Å². The number of likely N-dealkylation sites (tertiary alicyclic amines) is 1. The fourth-order valence-corrected chi connectivity index (χ4v) is 10.2. The first-order chi connectivity index (χ1) is 33.2. The largest absolute Gasteiger partial charge is 0.482 e. The lowest BCUT2D eigenvalue weighted by molar-refractivity contribution is -0.153. The number of ether oxygens (including phenoxy) is 3. The minimum atomic E-state index is -4.72. The highest BCUT2D eigenvalue weighted by atomic mass is 35.5. The second-order valence-corrected chi connectivity index (χ2v) is 19.0. The Kier molecular flexibility index (Phi) is 13.3. The fourth-order valence-electron chi connectivity index (χ4n) is 9.25. The molecular weight excluding hydrogens is 993 g/mol. The van der Waals surface area contributed by atoms with Crippen LogP contribution in [0, 0.1) is 6.92 Å². The number of benzene rings is 3. The number of imidazole rings is 3. The van der Waals surface area contributed by atoms with Gasteiger partial charge in [0.25, 0.3) is 5.88 Å². The third kappa shape index (κ3) is 8.79. The summed E-state index contributed by atoms with van der Waals surface area (Å²) in [6.07, 6.45) is 3.04. The van der Waals surface area contributed by atoms with Crippen molar-refractivity contribution >= 4 is 68.2 Å². The fraction of sp³-hybridized carbons (Fsp3) is 0.327. The molecule has 14 nitrogen and oxygen atoms in total. The number of nitrogens with zero attached hydrogens (tertiary/aromatic N) is 9. The van der Waals surface area contributed by atoms with Crippen LogP contribution in [0.1, 0.15) is 63.8 Å². The van der Waals surface area contributed by atoms with Crippen LogP contribution in [0.15, 0.2) is 79.5 Å². The van der Waals surface area contributed by atoms with Gasteiger partial charge in [0.2, 0.25) is 5.75 Å². The average Bonchev–Trinajstić information content (AvgIpc) is 4.03. The first-order valence-corrected chi connectivity index (χ1v) is 23.5. The molecule has 3 unspecified atom stereocenters. The highest BCUT2D eigenvalue weighted by Crippen LogP contribution is 2.46. The van der Waals surface area contributed by atoms with Gasteiger partial charge in [-0.1, -0.05) is 64.6 Å². The summed E-state index contributed by atoms with van der Waals surface area (Å²) in [6, 6.07) is 15.0. The number of pyridine rings is 2. The van der Waals surface area contributed by atoms with E-state index in [2.05, 4.69) is 19.9 Å². The molecule has 1 fully saturated rings. The third-order valence-electron chi connectivity index (χ3n) is 13.0. The molecule has 70 heavy (non-hydrogen) atoms. The Bertz CT molecular complexity index is 3290. The number of aliphatic hydroxyl groups is 2. The molecule has 9 rings (SSSR count). The molecule has 2 N–H and O–H groups in total. The Labute approximate surface area is 420 Å². The number of rotatable bonds is 13. The topological polar surface area (TPSA) is 151 Å². The molecule has 8 aromatic rings. The molecule has 0 amide bonds. The van der Waals surface area contributed by atoms with Crippen LogP contribution in [-0.2, 0) is 38.8 Å². The Morgan fingerprint density at radius 2 is 1.46 bits per heavy atom. The number of methoxy groups -OCH3 is 1. The van der Waals surface area contributed by atoms with E-state index >= 15 is 0 Å². The quantitative estimate of drug-likeness (QED) is 0.106. The standard InChI is InChI=1S/C49H46Cl4F3N9O5/c1-26-58-21-37(64(26)4)49(67,29-11-14-35-33(18-29)40(51)44(46(60-35)68-6)70-32-8-7-15-62(2)23-32)38-22-59-39(65(38)5)17-27-16-30(19-34-41(52)43(45(53)61-42(27)34)69-24-47(54,55)56)48(66,36-20-57-25-63(36)3)28-9-12-31(50)13-10-28/h9-14,16,18-22,25,32,66-67H,7-8,15,17,23-24H2,1-6H3. The number of hydrogen-bond donors (Lipinski definition) is 2. The predicted molar refractivity (Wildman–Crippen MR) is 261 cm³/mol. The predicted octanol–water partition coefficient (Wildman–Crippen LogP) is 9.49. The molecule has 1 aliphatic rings. The van der Waals surface area contributed by atoms with Gasteiger partial charge in [0.15, 0.2) is 28.7 Å². The number of fused-ring (bicyclic) bond motifs is 2. The molecule has 366 valence electrons. The molecule has 5 aromatic heterocycles. The summed E-state index contributed by atoms with van der Waals surface area (Å²) in [5.41, 5.74) is -0.700. The van der Waals surface area contributed by atoms with Crippen LogP contribution in [0.25, 0.3) is 21.8 Å². The van der Waals surface area contributed by atoms with Crippen molar-refractivity contribution in [1.29, 1.82) is 0 Å². The van der Waals surface area contributed by atoms with Crippen molar-refractivity contribution in [2.45, 2.75) is 49.7 Å². The summed E-state index contributed by atoms with van der Waals surface area (Å²) in [4.78, 5) is 25.2. The Hall–Kier alpha value is -5.66. The summed E-state index contributed by atoms with van der Waals surface area (Å²) >= 11 is 27.1. The van der Waals surface area contributed by atoms with Gasteiger partial charge in [-0.05, 0) is 92.0 Å². The number of aryl methyl sites for hydroxylation is 2. The number of alkyl halides is 3. The molecule has 21 heteroatoms. The molecule has 0 saturated carbocycles. The summed E-state index contributed by atoms with van der Waals surface area (Å²) in [5.74, 6) is 1.05. The van der Waals surface area contributed by atoms with Gasteiger partial charge >= 0.3 is 6.18 Å². The molecule has 0 aliphatic carbocycles. The maximum atomic E-state index is 13.5. The van der Waals surface area contributed by atoms with Crippen molar-refractivity contribution in [3.63, 3.8) is 0 Å². The number of piperidine rings is 1. The minimum Gasteiger partial charge on any atom is -0.482 e. The Balaban J connectivity index is 1.22. The van der Waals surface area contributed by atoms with Gasteiger partial charge in [-0.3, -0.25) is 0 Å². The summed E-state index contributed by atoms with van der Waals surface area (Å²) in [6.45, 7) is 1.78. The van der Waals surface area contributed by atoms with Gasteiger partial charge in [-0.25, -0.2) is 24.9 Å². The zero-order valence-electron chi connectivity index (χ0n) is 38.6. The van der Waals surface area contributed by atoms with Crippen LogP contribution in [0.4, 0.5) is 13.2 Å². The second-order valence-electron chi connectivity index (χ2n) is 17.5. The van der Waals surface area contributed by atoms with Crippen molar-refractivity contribution in [3.05, 3.63) is 151 Å². The van der Waals surface area contributed by atoms with Gasteiger partial charge in [0.1, 0.15) is 17.8 Å². The highest BCUT2D eigenvalue weighted by molar-refractivity contribution is 6.40. The maximum Gasteiger partial charge on any atom is 0.422 e. The van der Waals surface area contributed by atoms with Crippen LogP contribution < -0.4 is 14.2 Å². The van der Waals surface area contributed by atoms with Crippen LogP contribution in [0.5, 0.6) is 17.4 Å². The summed E-state index contributed by atoms with van der Waals surface area (Å²) in [5, 5.41) is 27.2. The SMILES string of the molecule is COc1nc2ccc(C(O)(c3cnc(C)n3C)c3cnc(Cc4cc(C(O)(c5ccc(Cl)cc5)c5cncn5C)cc5c(Cl)c(OCC(F)(F)F)c(Cl)nc45)n3C)cc2c(Cl)c1OC1CCCN(C)C1. The van der Waals surface area contributed by atoms with Crippen LogP contribution >= 0.6 is 46.4 Å². The van der Waals surface area contributed by atoms with Gasteiger partial charge < -0.3 is 43.0 Å². The van der Waals surface area contributed by atoms with Crippen molar-refractivity contribution in [1.82, 2.24) is 43.5 Å². The van der Waals surface area contributed by atoms with Gasteiger partial charge in [-0.2, -0.15) is 13.2 Å². The minimum absolute atomic E-state index is 0.0316. The maximum absolute atomic E-state index is 13.5. The van der Waals surface area contributed by atoms with Crippen molar-refractivity contribution in [2.75, 3.05) is 33.9 Å². The van der Waals surface area contributed by atoms with E-state index in [0.29, 0.717) is 73.6 Å². The van der Waals surface area contributed by atoms with Crippen LogP contribution in [0.2, 0.25) is 20.2 Å². The lowest BCUT2D eigenvalue weighted by Crippen LogP contribution is -2.38. The van der Waals surface area contributed by atoms with E-state index in [-0.39, 0.29) is 44.9 Å². The zero-order chi connectivity index (χ0) is 50.0. The Morgan fingerprint density at radius 3 is 2.11 bits per heavy atom. The van der Waals surface area contributed by atoms with E-state index in [9.17, 15) is 23.4 Å². The lowest BCUT2D eigenvalue weighted by atomic mass is 9.82. The molecule has 0 bridgehead atoms. The smallest absolute Gasteiger partial charge is 0.422 e. The number of halogens is 7. The van der Waals surface area contributed by atoms with E-state index in [1.165, 1.54) is 25.7 Å². The number of likely N-dealkylation sites (N-methyl/N-ethyl adjacent to an activating group) is 1. The molecule has 3 aromatic carbocycles. The first-order valence-electron chi connectivity index (χ1n) is 21.9. The molecule has 0 spiro atoms. The van der Waals surface area contributed by atoms with E-state index in [1.54, 1.807) is 95.8 Å². The van der Waals surface area contributed by atoms with Gasteiger partial charge in [0, 0.05) is 49.9 Å². The molecular formula is C49H46Cl4F3N9O5. The normalized spacial score (nSPS) is 16.4.